The fourth-order valence-electron chi connectivity index (χ4n) is 3.56. The lowest BCUT2D eigenvalue weighted by Gasteiger charge is -2.31. The first kappa shape index (κ1) is 19.8. The number of ether oxygens (including phenoxy) is 2. The van der Waals surface area contributed by atoms with Crippen molar-refractivity contribution in [3.05, 3.63) is 48.2 Å². The third-order valence-electron chi connectivity index (χ3n) is 5.22. The van der Waals surface area contributed by atoms with Gasteiger partial charge in [0.25, 0.3) is 5.91 Å². The lowest BCUT2D eigenvalue weighted by Crippen LogP contribution is -2.39. The smallest absolute Gasteiger partial charge is 0.254 e. The van der Waals surface area contributed by atoms with E-state index in [9.17, 15) is 4.79 Å². The first-order valence-electron chi connectivity index (χ1n) is 9.77. The van der Waals surface area contributed by atoms with Crippen LogP contribution >= 0.6 is 0 Å². The number of nitrogens with zero attached hydrogens (tertiary/aromatic N) is 5. The van der Waals surface area contributed by atoms with E-state index in [0.717, 1.165) is 12.8 Å². The zero-order valence-electron chi connectivity index (χ0n) is 16.9. The molecule has 1 aromatic carbocycles. The highest BCUT2D eigenvalue weighted by atomic mass is 16.5. The molecule has 1 aliphatic heterocycles. The minimum atomic E-state index is -0.0200. The zero-order chi connectivity index (χ0) is 20.9. The highest BCUT2D eigenvalue weighted by Crippen LogP contribution is 2.26. The first-order chi connectivity index (χ1) is 14.7. The lowest BCUT2D eigenvalue weighted by atomic mass is 9.93. The second-order valence-corrected chi connectivity index (χ2v) is 7.14. The highest BCUT2D eigenvalue weighted by molar-refractivity contribution is 5.95. The largest absolute Gasteiger partial charge is 0.497 e. The van der Waals surface area contributed by atoms with Crippen LogP contribution in [0.25, 0.3) is 11.5 Å². The van der Waals surface area contributed by atoms with E-state index < -0.39 is 0 Å². The van der Waals surface area contributed by atoms with Gasteiger partial charge in [-0.3, -0.25) is 9.78 Å². The van der Waals surface area contributed by atoms with Crippen molar-refractivity contribution in [2.45, 2.75) is 19.3 Å². The van der Waals surface area contributed by atoms with Crippen LogP contribution in [0.4, 0.5) is 0 Å². The fraction of sp³-hybridized carbons (Fsp3) is 0.381. The number of hydrogen-bond acceptors (Lipinski definition) is 8. The van der Waals surface area contributed by atoms with Gasteiger partial charge in [-0.2, -0.15) is 4.98 Å². The Labute approximate surface area is 174 Å². The van der Waals surface area contributed by atoms with E-state index in [1.807, 2.05) is 4.90 Å². The summed E-state index contributed by atoms with van der Waals surface area (Å²) in [5.41, 5.74) is 1.15. The molecule has 0 spiro atoms. The number of likely N-dealkylation sites (tertiary alicyclic amines) is 1. The Morgan fingerprint density at radius 1 is 1.13 bits per heavy atom. The van der Waals surface area contributed by atoms with E-state index in [0.29, 0.717) is 59.9 Å². The van der Waals surface area contributed by atoms with Crippen LogP contribution in [0.5, 0.6) is 11.5 Å². The van der Waals surface area contributed by atoms with Crippen molar-refractivity contribution in [2.75, 3.05) is 27.3 Å². The topological polar surface area (TPSA) is 103 Å². The molecular formula is C21H23N5O4. The van der Waals surface area contributed by atoms with Crippen LogP contribution in [0.1, 0.15) is 29.1 Å². The van der Waals surface area contributed by atoms with Gasteiger partial charge in [0.05, 0.1) is 20.4 Å². The lowest BCUT2D eigenvalue weighted by molar-refractivity contribution is 0.0686. The number of carbonyl (C=O) groups is 1. The molecule has 1 aliphatic rings. The molecule has 1 fully saturated rings. The highest BCUT2D eigenvalue weighted by Gasteiger charge is 2.26. The Bertz CT molecular complexity index is 977. The molecule has 9 nitrogen and oxygen atoms in total. The van der Waals surface area contributed by atoms with Gasteiger partial charge in [0.1, 0.15) is 17.2 Å². The van der Waals surface area contributed by atoms with E-state index >= 15 is 0 Å². The average Bonchev–Trinajstić information content (AvgIpc) is 3.27. The summed E-state index contributed by atoms with van der Waals surface area (Å²) in [5, 5.41) is 3.99. The van der Waals surface area contributed by atoms with Gasteiger partial charge >= 0.3 is 0 Å². The van der Waals surface area contributed by atoms with Crippen molar-refractivity contribution < 1.29 is 18.8 Å². The van der Waals surface area contributed by atoms with Crippen molar-refractivity contribution in [1.82, 2.24) is 25.0 Å². The standard InChI is InChI=1S/C21H23N5O4/c1-28-16-10-15(11-17(12-16)29-2)21(27)26-7-3-14(4-8-26)9-19-24-20(25-30-19)18-13-22-5-6-23-18/h5-6,10-14H,3-4,7-9H2,1-2H3. The number of carbonyl (C=O) groups excluding carboxylic acids is 1. The van der Waals surface area contributed by atoms with Crippen molar-refractivity contribution in [1.29, 1.82) is 0 Å². The second kappa shape index (κ2) is 8.89. The predicted octanol–water partition coefficient (Wildman–Crippen LogP) is 2.64. The number of hydrogen-bond donors (Lipinski definition) is 0. The number of rotatable bonds is 6. The Balaban J connectivity index is 1.35. The number of amides is 1. The Hall–Kier alpha value is -3.49. The van der Waals surface area contributed by atoms with Gasteiger partial charge < -0.3 is 18.9 Å². The molecule has 1 saturated heterocycles. The fourth-order valence-corrected chi connectivity index (χ4v) is 3.56. The molecule has 3 heterocycles. The maximum atomic E-state index is 12.9. The van der Waals surface area contributed by atoms with Gasteiger partial charge in [0.15, 0.2) is 0 Å². The van der Waals surface area contributed by atoms with Gasteiger partial charge in [-0.15, -0.1) is 0 Å². The summed E-state index contributed by atoms with van der Waals surface area (Å²) in [7, 11) is 3.14. The second-order valence-electron chi connectivity index (χ2n) is 7.14. The summed E-state index contributed by atoms with van der Waals surface area (Å²) >= 11 is 0. The van der Waals surface area contributed by atoms with Gasteiger partial charge in [-0.1, -0.05) is 5.16 Å². The molecule has 30 heavy (non-hydrogen) atoms. The monoisotopic (exact) mass is 409 g/mol. The van der Waals surface area contributed by atoms with E-state index in [-0.39, 0.29) is 5.91 Å². The van der Waals surface area contributed by atoms with Crippen LogP contribution in [0.3, 0.4) is 0 Å². The number of piperidine rings is 1. The van der Waals surface area contributed by atoms with Gasteiger partial charge in [0.2, 0.25) is 11.7 Å². The van der Waals surface area contributed by atoms with E-state index in [4.69, 9.17) is 14.0 Å². The molecule has 4 rings (SSSR count). The molecule has 3 aromatic rings. The molecule has 156 valence electrons. The van der Waals surface area contributed by atoms with Crippen molar-refractivity contribution >= 4 is 5.91 Å². The molecule has 0 unspecified atom stereocenters. The average molecular weight is 409 g/mol. The number of methoxy groups -OCH3 is 2. The molecule has 2 aromatic heterocycles. The van der Waals surface area contributed by atoms with Crippen molar-refractivity contribution in [3.63, 3.8) is 0 Å². The molecule has 0 radical (unpaired) electrons. The molecule has 0 N–H and O–H groups in total. The van der Waals surface area contributed by atoms with E-state index in [1.165, 1.54) is 0 Å². The SMILES string of the molecule is COc1cc(OC)cc(C(=O)N2CCC(Cc3nc(-c4cnccn4)no3)CC2)c1. The van der Waals surface area contributed by atoms with Gasteiger partial charge in [0, 0.05) is 43.5 Å². The van der Waals surface area contributed by atoms with Crippen molar-refractivity contribution in [3.8, 4) is 23.0 Å². The molecule has 0 saturated carbocycles. The molecule has 0 aliphatic carbocycles. The Morgan fingerprint density at radius 2 is 1.87 bits per heavy atom. The zero-order valence-corrected chi connectivity index (χ0v) is 16.9. The maximum Gasteiger partial charge on any atom is 0.254 e. The molecule has 0 bridgehead atoms. The van der Waals surface area contributed by atoms with Crippen LogP contribution in [0.15, 0.2) is 41.3 Å². The van der Waals surface area contributed by atoms with E-state index in [1.54, 1.807) is 51.0 Å². The number of benzene rings is 1. The molecule has 1 amide bonds. The third kappa shape index (κ3) is 4.40. The minimum Gasteiger partial charge on any atom is -0.497 e. The quantitative estimate of drug-likeness (QED) is 0.612. The van der Waals surface area contributed by atoms with Gasteiger partial charge in [-0.05, 0) is 30.9 Å². The Kier molecular flexibility index (Phi) is 5.87. The van der Waals surface area contributed by atoms with E-state index in [2.05, 4.69) is 20.1 Å². The summed E-state index contributed by atoms with van der Waals surface area (Å²) in [5.74, 6) is 2.58. The first-order valence-corrected chi connectivity index (χ1v) is 9.77. The van der Waals surface area contributed by atoms with Crippen LogP contribution in [0.2, 0.25) is 0 Å². The molecule has 9 heteroatoms. The summed E-state index contributed by atoms with van der Waals surface area (Å²) in [4.78, 5) is 27.4. The summed E-state index contributed by atoms with van der Waals surface area (Å²) < 4.78 is 15.9. The van der Waals surface area contributed by atoms with Crippen molar-refractivity contribution in [2.24, 2.45) is 5.92 Å². The summed E-state index contributed by atoms with van der Waals surface area (Å²) in [6, 6.07) is 5.23. The van der Waals surface area contributed by atoms with Gasteiger partial charge in [-0.25, -0.2) is 4.98 Å². The number of aromatic nitrogens is 4. The molecule has 0 atom stereocenters. The minimum absolute atomic E-state index is 0.0200. The third-order valence-corrected chi connectivity index (χ3v) is 5.22. The van der Waals surface area contributed by atoms with Crippen LogP contribution < -0.4 is 9.47 Å². The maximum absolute atomic E-state index is 12.9. The van der Waals surface area contributed by atoms with Crippen LogP contribution in [-0.4, -0.2) is 58.2 Å². The predicted molar refractivity (Wildman–Crippen MR) is 107 cm³/mol. The summed E-state index contributed by atoms with van der Waals surface area (Å²) in [6.45, 7) is 1.35. The molecular weight excluding hydrogens is 386 g/mol. The van der Waals surface area contributed by atoms with Crippen LogP contribution in [0, 0.1) is 5.92 Å². The normalized spacial score (nSPS) is 14.5. The summed E-state index contributed by atoms with van der Waals surface area (Å²) in [6.07, 6.45) is 7.22. The Morgan fingerprint density at radius 3 is 2.50 bits per heavy atom. The van der Waals surface area contributed by atoms with Crippen LogP contribution in [-0.2, 0) is 6.42 Å².